The van der Waals surface area contributed by atoms with Crippen LogP contribution in [0.4, 0.5) is 11.6 Å². The molecule has 1 atom stereocenters. The maximum absolute atomic E-state index is 11.8. The largest absolute Gasteiger partial charge is 0.370 e. The van der Waals surface area contributed by atoms with Crippen molar-refractivity contribution in [3.05, 3.63) is 18.2 Å². The number of aromatic nitrogens is 1. The molecule has 6 heteroatoms. The van der Waals surface area contributed by atoms with Crippen LogP contribution in [0.15, 0.2) is 18.2 Å². The number of nitrogens with zero attached hydrogens (tertiary/aromatic N) is 2. The highest BCUT2D eigenvalue weighted by molar-refractivity contribution is 6.06. The molecule has 19 heavy (non-hydrogen) atoms. The van der Waals surface area contributed by atoms with Gasteiger partial charge in [0.1, 0.15) is 17.7 Å². The molecule has 1 fully saturated rings. The van der Waals surface area contributed by atoms with Gasteiger partial charge in [-0.2, -0.15) is 0 Å². The Morgan fingerprint density at radius 1 is 1.37 bits per heavy atom. The SMILES string of the molecule is CCCNc1cccc(NC2CC(=O)N(C)C2=O)n1. The molecule has 1 aliphatic rings. The van der Waals surface area contributed by atoms with Crippen LogP contribution >= 0.6 is 0 Å². The smallest absolute Gasteiger partial charge is 0.251 e. The van der Waals surface area contributed by atoms with Crippen LogP contribution in [-0.4, -0.2) is 41.3 Å². The van der Waals surface area contributed by atoms with Gasteiger partial charge in [-0.1, -0.05) is 13.0 Å². The Labute approximate surface area is 112 Å². The fourth-order valence-corrected chi connectivity index (χ4v) is 1.91. The molecule has 102 valence electrons. The van der Waals surface area contributed by atoms with Crippen molar-refractivity contribution in [3.63, 3.8) is 0 Å². The summed E-state index contributed by atoms with van der Waals surface area (Å²) in [5, 5.41) is 6.18. The summed E-state index contributed by atoms with van der Waals surface area (Å²) in [7, 11) is 1.50. The van der Waals surface area contributed by atoms with Gasteiger partial charge >= 0.3 is 0 Å². The molecule has 1 aromatic heterocycles. The molecule has 0 aromatic carbocycles. The highest BCUT2D eigenvalue weighted by Crippen LogP contribution is 2.17. The average Bonchev–Trinajstić information content (AvgIpc) is 2.64. The van der Waals surface area contributed by atoms with Crippen LogP contribution in [0.5, 0.6) is 0 Å². The molecule has 1 saturated heterocycles. The quantitative estimate of drug-likeness (QED) is 0.776. The molecular weight excluding hydrogens is 244 g/mol. The van der Waals surface area contributed by atoms with Crippen LogP contribution in [0.25, 0.3) is 0 Å². The Balaban J connectivity index is 2.03. The lowest BCUT2D eigenvalue weighted by Gasteiger charge is -2.12. The monoisotopic (exact) mass is 262 g/mol. The molecule has 1 aliphatic heterocycles. The van der Waals surface area contributed by atoms with E-state index in [-0.39, 0.29) is 18.2 Å². The second-order valence-electron chi connectivity index (χ2n) is 4.53. The molecule has 0 saturated carbocycles. The maximum Gasteiger partial charge on any atom is 0.251 e. The number of pyridine rings is 1. The third kappa shape index (κ3) is 3.01. The van der Waals surface area contributed by atoms with Crippen LogP contribution in [0.3, 0.4) is 0 Å². The Morgan fingerprint density at radius 2 is 2.11 bits per heavy atom. The van der Waals surface area contributed by atoms with Crippen molar-refractivity contribution in [2.24, 2.45) is 0 Å². The van der Waals surface area contributed by atoms with Crippen molar-refractivity contribution >= 4 is 23.5 Å². The normalized spacial score (nSPS) is 18.8. The van der Waals surface area contributed by atoms with Crippen molar-refractivity contribution in [1.29, 1.82) is 0 Å². The minimum absolute atomic E-state index is 0.164. The summed E-state index contributed by atoms with van der Waals surface area (Å²) in [6.07, 6.45) is 1.20. The van der Waals surface area contributed by atoms with E-state index in [4.69, 9.17) is 0 Å². The molecule has 1 unspecified atom stereocenters. The van der Waals surface area contributed by atoms with Gasteiger partial charge in [0, 0.05) is 13.6 Å². The molecule has 6 nitrogen and oxygen atoms in total. The molecule has 0 aliphatic carbocycles. The summed E-state index contributed by atoms with van der Waals surface area (Å²) in [6, 6.07) is 5.01. The predicted molar refractivity (Wildman–Crippen MR) is 72.8 cm³/mol. The van der Waals surface area contributed by atoms with E-state index in [0.29, 0.717) is 5.82 Å². The third-order valence-corrected chi connectivity index (χ3v) is 3.01. The summed E-state index contributed by atoms with van der Waals surface area (Å²) in [5.41, 5.74) is 0. The highest BCUT2D eigenvalue weighted by atomic mass is 16.2. The summed E-state index contributed by atoms with van der Waals surface area (Å²) >= 11 is 0. The maximum atomic E-state index is 11.8. The zero-order chi connectivity index (χ0) is 13.8. The molecule has 2 heterocycles. The van der Waals surface area contributed by atoms with Crippen molar-refractivity contribution in [2.45, 2.75) is 25.8 Å². The average molecular weight is 262 g/mol. The molecule has 0 spiro atoms. The second-order valence-corrected chi connectivity index (χ2v) is 4.53. The number of carbonyl (C=O) groups is 2. The number of imide groups is 1. The fourth-order valence-electron chi connectivity index (χ4n) is 1.91. The lowest BCUT2D eigenvalue weighted by molar-refractivity contribution is -0.136. The molecular formula is C13H18N4O2. The lowest BCUT2D eigenvalue weighted by Crippen LogP contribution is -2.32. The van der Waals surface area contributed by atoms with E-state index < -0.39 is 6.04 Å². The Hall–Kier alpha value is -2.11. The first-order valence-corrected chi connectivity index (χ1v) is 6.39. The van der Waals surface area contributed by atoms with E-state index in [1.807, 2.05) is 12.1 Å². The second kappa shape index (κ2) is 5.69. The molecule has 2 amide bonds. The fraction of sp³-hybridized carbons (Fsp3) is 0.462. The van der Waals surface area contributed by atoms with Crippen LogP contribution in [0, 0.1) is 0 Å². The highest BCUT2D eigenvalue weighted by Gasteiger charge is 2.36. The molecule has 2 rings (SSSR count). The Bertz CT molecular complexity index is 489. The van der Waals surface area contributed by atoms with E-state index >= 15 is 0 Å². The first-order chi connectivity index (χ1) is 9.11. The Kier molecular flexibility index (Phi) is 3.99. The number of rotatable bonds is 5. The van der Waals surface area contributed by atoms with Gasteiger partial charge < -0.3 is 10.6 Å². The summed E-state index contributed by atoms with van der Waals surface area (Å²) in [4.78, 5) is 28.7. The van der Waals surface area contributed by atoms with Gasteiger partial charge in [-0.05, 0) is 18.6 Å². The van der Waals surface area contributed by atoms with Crippen LogP contribution in [0.2, 0.25) is 0 Å². The van der Waals surface area contributed by atoms with E-state index in [2.05, 4.69) is 22.5 Å². The molecule has 2 N–H and O–H groups in total. The van der Waals surface area contributed by atoms with Crippen LogP contribution in [0.1, 0.15) is 19.8 Å². The zero-order valence-electron chi connectivity index (χ0n) is 11.1. The van der Waals surface area contributed by atoms with Gasteiger partial charge in [-0.25, -0.2) is 4.98 Å². The van der Waals surface area contributed by atoms with Crippen molar-refractivity contribution in [2.75, 3.05) is 24.2 Å². The summed E-state index contributed by atoms with van der Waals surface area (Å²) < 4.78 is 0. The first kappa shape index (κ1) is 13.3. The van der Waals surface area contributed by atoms with Crippen molar-refractivity contribution < 1.29 is 9.59 Å². The van der Waals surface area contributed by atoms with E-state index in [1.54, 1.807) is 6.07 Å². The topological polar surface area (TPSA) is 74.3 Å². The van der Waals surface area contributed by atoms with Gasteiger partial charge in [0.05, 0.1) is 6.42 Å². The standard InChI is InChI=1S/C13H18N4O2/c1-3-7-14-10-5-4-6-11(16-10)15-9-8-12(18)17(2)13(9)19/h4-6,9H,3,7-8H2,1-2H3,(H2,14,15,16). The number of likely N-dealkylation sites (N-methyl/N-ethyl adjacent to an activating group) is 1. The van der Waals surface area contributed by atoms with E-state index in [0.717, 1.165) is 23.7 Å². The number of nitrogens with one attached hydrogen (secondary N) is 2. The molecule has 1 aromatic rings. The summed E-state index contributed by atoms with van der Waals surface area (Å²) in [5.74, 6) is 0.987. The van der Waals surface area contributed by atoms with Gasteiger partial charge in [-0.15, -0.1) is 0 Å². The molecule has 0 bridgehead atoms. The number of amides is 2. The van der Waals surface area contributed by atoms with Gasteiger partial charge in [0.2, 0.25) is 5.91 Å². The molecule has 0 radical (unpaired) electrons. The van der Waals surface area contributed by atoms with Crippen molar-refractivity contribution in [1.82, 2.24) is 9.88 Å². The first-order valence-electron chi connectivity index (χ1n) is 6.39. The number of hydrogen-bond donors (Lipinski definition) is 2. The number of hydrogen-bond acceptors (Lipinski definition) is 5. The third-order valence-electron chi connectivity index (χ3n) is 3.01. The van der Waals surface area contributed by atoms with Crippen LogP contribution < -0.4 is 10.6 Å². The van der Waals surface area contributed by atoms with E-state index in [9.17, 15) is 9.59 Å². The Morgan fingerprint density at radius 3 is 2.74 bits per heavy atom. The number of anilines is 2. The van der Waals surface area contributed by atoms with Gasteiger partial charge in [-0.3, -0.25) is 14.5 Å². The minimum Gasteiger partial charge on any atom is -0.370 e. The minimum atomic E-state index is -0.508. The summed E-state index contributed by atoms with van der Waals surface area (Å²) in [6.45, 7) is 2.92. The van der Waals surface area contributed by atoms with Gasteiger partial charge in [0.25, 0.3) is 5.91 Å². The number of carbonyl (C=O) groups excluding carboxylic acids is 2. The number of likely N-dealkylation sites (tertiary alicyclic amines) is 1. The van der Waals surface area contributed by atoms with Crippen molar-refractivity contribution in [3.8, 4) is 0 Å². The van der Waals surface area contributed by atoms with Crippen LogP contribution in [-0.2, 0) is 9.59 Å². The van der Waals surface area contributed by atoms with Gasteiger partial charge in [0.15, 0.2) is 0 Å². The zero-order valence-corrected chi connectivity index (χ0v) is 11.1. The van der Waals surface area contributed by atoms with E-state index in [1.165, 1.54) is 7.05 Å². The predicted octanol–water partition coefficient (Wildman–Crippen LogP) is 1.07. The lowest BCUT2D eigenvalue weighted by atomic mass is 10.2.